The monoisotopic (exact) mass is 242 g/mol. The number of ether oxygens (including phenoxy) is 1. The lowest BCUT2D eigenvalue weighted by atomic mass is 10.3. The highest BCUT2D eigenvalue weighted by Crippen LogP contribution is 2.14. The molecule has 0 bridgehead atoms. The van der Waals surface area contributed by atoms with Crippen LogP contribution in [0.15, 0.2) is 54.6 Å². The largest absolute Gasteiger partial charge is 0.497 e. The molecular weight excluding hydrogens is 224 g/mol. The highest BCUT2D eigenvalue weighted by molar-refractivity contribution is 5.47. The predicted octanol–water partition coefficient (Wildman–Crippen LogP) is 3.22. The Kier molecular flexibility index (Phi) is 4.47. The van der Waals surface area contributed by atoms with Crippen LogP contribution < -0.4 is 15.4 Å². The van der Waals surface area contributed by atoms with Gasteiger partial charge in [0, 0.05) is 24.5 Å². The molecule has 0 radical (unpaired) electrons. The second-order valence-electron chi connectivity index (χ2n) is 3.95. The normalized spacial score (nSPS) is 9.83. The molecule has 94 valence electrons. The molecule has 3 nitrogen and oxygen atoms in total. The van der Waals surface area contributed by atoms with Crippen molar-refractivity contribution in [3.63, 3.8) is 0 Å². The van der Waals surface area contributed by atoms with Crippen LogP contribution in [-0.2, 0) is 0 Å². The second kappa shape index (κ2) is 6.55. The fraction of sp³-hybridized carbons (Fsp3) is 0.200. The molecule has 2 N–H and O–H groups in total. The van der Waals surface area contributed by atoms with Crippen molar-refractivity contribution in [2.45, 2.75) is 0 Å². The number of anilines is 2. The van der Waals surface area contributed by atoms with Crippen molar-refractivity contribution in [2.75, 3.05) is 30.8 Å². The maximum Gasteiger partial charge on any atom is 0.119 e. The molecular formula is C15H18N2O. The Hall–Kier alpha value is -2.16. The molecule has 0 amide bonds. The van der Waals surface area contributed by atoms with Gasteiger partial charge in [-0.2, -0.15) is 0 Å². The second-order valence-corrected chi connectivity index (χ2v) is 3.95. The summed E-state index contributed by atoms with van der Waals surface area (Å²) in [6, 6.07) is 18.1. The van der Waals surface area contributed by atoms with Gasteiger partial charge in [-0.05, 0) is 36.4 Å². The maximum absolute atomic E-state index is 5.11. The third-order valence-electron chi connectivity index (χ3n) is 2.65. The first-order valence-electron chi connectivity index (χ1n) is 6.05. The van der Waals surface area contributed by atoms with Gasteiger partial charge in [-0.1, -0.05) is 18.2 Å². The molecule has 2 aromatic carbocycles. The van der Waals surface area contributed by atoms with Gasteiger partial charge in [-0.3, -0.25) is 0 Å². The summed E-state index contributed by atoms with van der Waals surface area (Å²) in [6.07, 6.45) is 0. The van der Waals surface area contributed by atoms with Gasteiger partial charge in [0.2, 0.25) is 0 Å². The van der Waals surface area contributed by atoms with E-state index in [0.717, 1.165) is 30.2 Å². The van der Waals surface area contributed by atoms with Gasteiger partial charge < -0.3 is 15.4 Å². The summed E-state index contributed by atoms with van der Waals surface area (Å²) in [4.78, 5) is 0. The van der Waals surface area contributed by atoms with E-state index in [1.54, 1.807) is 7.11 Å². The van der Waals surface area contributed by atoms with Crippen LogP contribution in [0.2, 0.25) is 0 Å². The number of benzene rings is 2. The molecule has 0 saturated heterocycles. The lowest BCUT2D eigenvalue weighted by Crippen LogP contribution is -2.13. The van der Waals surface area contributed by atoms with Crippen LogP contribution in [0.1, 0.15) is 0 Å². The van der Waals surface area contributed by atoms with E-state index in [1.807, 2.05) is 42.5 Å². The quantitative estimate of drug-likeness (QED) is 0.763. The van der Waals surface area contributed by atoms with E-state index >= 15 is 0 Å². The lowest BCUT2D eigenvalue weighted by Gasteiger charge is -2.09. The van der Waals surface area contributed by atoms with Crippen LogP contribution in [0.25, 0.3) is 0 Å². The molecule has 0 fully saturated rings. The molecule has 0 unspecified atom stereocenters. The lowest BCUT2D eigenvalue weighted by molar-refractivity contribution is 0.415. The smallest absolute Gasteiger partial charge is 0.119 e. The molecule has 2 aromatic rings. The van der Waals surface area contributed by atoms with Gasteiger partial charge in [0.05, 0.1) is 7.11 Å². The average Bonchev–Trinajstić information content (AvgIpc) is 2.45. The Morgan fingerprint density at radius 3 is 1.89 bits per heavy atom. The molecule has 0 saturated carbocycles. The Morgan fingerprint density at radius 2 is 1.33 bits per heavy atom. The van der Waals surface area contributed by atoms with Gasteiger partial charge in [0.25, 0.3) is 0 Å². The van der Waals surface area contributed by atoms with E-state index in [-0.39, 0.29) is 0 Å². The van der Waals surface area contributed by atoms with Crippen molar-refractivity contribution < 1.29 is 4.74 Å². The third-order valence-corrected chi connectivity index (χ3v) is 2.65. The Labute approximate surface area is 108 Å². The van der Waals surface area contributed by atoms with Crippen molar-refractivity contribution >= 4 is 11.4 Å². The standard InChI is InChI=1S/C15H18N2O/c1-18-15-9-7-14(8-10-15)17-12-11-16-13-5-3-2-4-6-13/h2-10,16-17H,11-12H2,1H3. The summed E-state index contributed by atoms with van der Waals surface area (Å²) in [5.74, 6) is 0.878. The Balaban J connectivity index is 1.72. The summed E-state index contributed by atoms with van der Waals surface area (Å²) < 4.78 is 5.11. The topological polar surface area (TPSA) is 33.3 Å². The molecule has 0 atom stereocenters. The van der Waals surface area contributed by atoms with Crippen molar-refractivity contribution in [1.82, 2.24) is 0 Å². The summed E-state index contributed by atoms with van der Waals surface area (Å²) in [5, 5.41) is 6.70. The molecule has 3 heteroatoms. The zero-order valence-corrected chi connectivity index (χ0v) is 10.5. The molecule has 2 rings (SSSR count). The van der Waals surface area contributed by atoms with Crippen molar-refractivity contribution in [2.24, 2.45) is 0 Å². The van der Waals surface area contributed by atoms with E-state index in [4.69, 9.17) is 4.74 Å². The summed E-state index contributed by atoms with van der Waals surface area (Å²) in [6.45, 7) is 1.76. The number of para-hydroxylation sites is 1. The molecule has 18 heavy (non-hydrogen) atoms. The third kappa shape index (κ3) is 3.70. The van der Waals surface area contributed by atoms with Gasteiger partial charge in [-0.15, -0.1) is 0 Å². The zero-order chi connectivity index (χ0) is 12.6. The van der Waals surface area contributed by atoms with Gasteiger partial charge in [-0.25, -0.2) is 0 Å². The van der Waals surface area contributed by atoms with Crippen LogP contribution in [-0.4, -0.2) is 20.2 Å². The zero-order valence-electron chi connectivity index (χ0n) is 10.5. The average molecular weight is 242 g/mol. The van der Waals surface area contributed by atoms with E-state index < -0.39 is 0 Å². The summed E-state index contributed by atoms with van der Waals surface area (Å²) in [5.41, 5.74) is 2.25. The number of hydrogen-bond donors (Lipinski definition) is 2. The minimum absolute atomic E-state index is 0.876. The van der Waals surface area contributed by atoms with Crippen molar-refractivity contribution in [1.29, 1.82) is 0 Å². The summed E-state index contributed by atoms with van der Waals surface area (Å²) >= 11 is 0. The highest BCUT2D eigenvalue weighted by Gasteiger charge is 1.93. The fourth-order valence-corrected chi connectivity index (χ4v) is 1.68. The van der Waals surface area contributed by atoms with Crippen molar-refractivity contribution in [3.8, 4) is 5.75 Å². The molecule has 0 spiro atoms. The van der Waals surface area contributed by atoms with E-state index in [2.05, 4.69) is 22.8 Å². The minimum Gasteiger partial charge on any atom is -0.497 e. The van der Waals surface area contributed by atoms with Gasteiger partial charge >= 0.3 is 0 Å². The van der Waals surface area contributed by atoms with Crippen molar-refractivity contribution in [3.05, 3.63) is 54.6 Å². The van der Waals surface area contributed by atoms with Gasteiger partial charge in [0.1, 0.15) is 5.75 Å². The Bertz CT molecular complexity index is 454. The number of nitrogens with one attached hydrogen (secondary N) is 2. The first-order chi connectivity index (χ1) is 8.88. The minimum atomic E-state index is 0.876. The van der Waals surface area contributed by atoms with Gasteiger partial charge in [0.15, 0.2) is 0 Å². The molecule has 0 aliphatic carbocycles. The first kappa shape index (κ1) is 12.3. The predicted molar refractivity (Wildman–Crippen MR) is 76.4 cm³/mol. The van der Waals surface area contributed by atoms with E-state index in [0.29, 0.717) is 0 Å². The van der Waals surface area contributed by atoms with Crippen LogP contribution in [0.5, 0.6) is 5.75 Å². The fourth-order valence-electron chi connectivity index (χ4n) is 1.68. The first-order valence-corrected chi connectivity index (χ1v) is 6.05. The van der Waals surface area contributed by atoms with Crippen LogP contribution >= 0.6 is 0 Å². The van der Waals surface area contributed by atoms with E-state index in [9.17, 15) is 0 Å². The van der Waals surface area contributed by atoms with E-state index in [1.165, 1.54) is 0 Å². The SMILES string of the molecule is COc1ccc(NCCNc2ccccc2)cc1. The number of methoxy groups -OCH3 is 1. The van der Waals surface area contributed by atoms with Crippen LogP contribution in [0, 0.1) is 0 Å². The molecule has 0 aliphatic rings. The molecule has 0 heterocycles. The Morgan fingerprint density at radius 1 is 0.778 bits per heavy atom. The van der Waals surface area contributed by atoms with Crippen LogP contribution in [0.3, 0.4) is 0 Å². The van der Waals surface area contributed by atoms with Crippen LogP contribution in [0.4, 0.5) is 11.4 Å². The number of hydrogen-bond acceptors (Lipinski definition) is 3. The maximum atomic E-state index is 5.11. The number of rotatable bonds is 6. The molecule has 0 aliphatic heterocycles. The highest BCUT2D eigenvalue weighted by atomic mass is 16.5. The summed E-state index contributed by atoms with van der Waals surface area (Å²) in [7, 11) is 1.67. The molecule has 0 aromatic heterocycles.